The monoisotopic (exact) mass is 272 g/mol. The van der Waals surface area contributed by atoms with Gasteiger partial charge in [-0.2, -0.15) is 0 Å². The van der Waals surface area contributed by atoms with Gasteiger partial charge in [-0.15, -0.1) is 0 Å². The topological polar surface area (TPSA) is 74.6 Å². The molecule has 0 aromatic rings. The number of carboxylic acid groups (broad SMARTS) is 1. The van der Waals surface area contributed by atoms with E-state index in [2.05, 4.69) is 6.92 Å². The second-order valence-corrected chi connectivity index (χ2v) is 5.38. The number of carboxylic acids is 1. The Kier molecular flexibility index (Phi) is 9.48. The first-order valence-electron chi connectivity index (χ1n) is 7.42. The standard InChI is InChI=1S/C15H28O4/c1-3-4-5-6-7-8-9-10-11-12-13(16)15(2,19)14(17)18/h19H,3-12H2,1-2H3,(H,17,18)/t15-/m0/s1. The van der Waals surface area contributed by atoms with E-state index in [0.717, 1.165) is 19.8 Å². The van der Waals surface area contributed by atoms with Gasteiger partial charge >= 0.3 is 5.97 Å². The number of carbonyl (C=O) groups is 2. The van der Waals surface area contributed by atoms with Crippen molar-refractivity contribution >= 4 is 11.8 Å². The minimum atomic E-state index is -2.22. The first-order chi connectivity index (χ1) is 8.92. The highest BCUT2D eigenvalue weighted by atomic mass is 16.4. The van der Waals surface area contributed by atoms with E-state index in [0.29, 0.717) is 6.42 Å². The van der Waals surface area contributed by atoms with E-state index < -0.39 is 17.4 Å². The Labute approximate surface area is 116 Å². The van der Waals surface area contributed by atoms with Crippen LogP contribution in [-0.4, -0.2) is 27.6 Å². The fourth-order valence-corrected chi connectivity index (χ4v) is 1.96. The Morgan fingerprint density at radius 1 is 0.895 bits per heavy atom. The van der Waals surface area contributed by atoms with Crippen molar-refractivity contribution in [1.82, 2.24) is 0 Å². The summed E-state index contributed by atoms with van der Waals surface area (Å²) in [4.78, 5) is 22.1. The Morgan fingerprint density at radius 2 is 1.32 bits per heavy atom. The average molecular weight is 272 g/mol. The molecule has 0 unspecified atom stereocenters. The highest BCUT2D eigenvalue weighted by Gasteiger charge is 2.37. The molecule has 0 bridgehead atoms. The van der Waals surface area contributed by atoms with Crippen LogP contribution >= 0.6 is 0 Å². The van der Waals surface area contributed by atoms with E-state index in [1.54, 1.807) is 0 Å². The quantitative estimate of drug-likeness (QED) is 0.422. The second-order valence-electron chi connectivity index (χ2n) is 5.38. The van der Waals surface area contributed by atoms with Gasteiger partial charge in [-0.3, -0.25) is 4.79 Å². The summed E-state index contributed by atoms with van der Waals surface area (Å²) in [6.45, 7) is 3.24. The molecule has 1 atom stereocenters. The van der Waals surface area contributed by atoms with Crippen LogP contribution in [0.1, 0.15) is 78.1 Å². The van der Waals surface area contributed by atoms with Gasteiger partial charge in [0.15, 0.2) is 5.78 Å². The van der Waals surface area contributed by atoms with Crippen LogP contribution in [0, 0.1) is 0 Å². The molecule has 0 amide bonds. The van der Waals surface area contributed by atoms with Gasteiger partial charge in [-0.05, 0) is 13.3 Å². The van der Waals surface area contributed by atoms with Crippen LogP contribution in [0.15, 0.2) is 0 Å². The lowest BCUT2D eigenvalue weighted by Crippen LogP contribution is -2.43. The molecule has 0 aliphatic carbocycles. The van der Waals surface area contributed by atoms with Crippen LogP contribution < -0.4 is 0 Å². The summed E-state index contributed by atoms with van der Waals surface area (Å²) in [7, 11) is 0. The average Bonchev–Trinajstić information content (AvgIpc) is 2.36. The van der Waals surface area contributed by atoms with Crippen molar-refractivity contribution in [3.63, 3.8) is 0 Å². The molecule has 0 spiro atoms. The molecule has 0 radical (unpaired) electrons. The maximum atomic E-state index is 11.5. The molecule has 0 aromatic carbocycles. The van der Waals surface area contributed by atoms with Gasteiger partial charge in [0, 0.05) is 6.42 Å². The van der Waals surface area contributed by atoms with Crippen molar-refractivity contribution in [3.8, 4) is 0 Å². The van der Waals surface area contributed by atoms with Crippen LogP contribution in [0.2, 0.25) is 0 Å². The maximum absolute atomic E-state index is 11.5. The van der Waals surface area contributed by atoms with Crippen LogP contribution in [0.4, 0.5) is 0 Å². The number of ketones is 1. The molecule has 112 valence electrons. The van der Waals surface area contributed by atoms with Gasteiger partial charge in [0.2, 0.25) is 5.60 Å². The molecule has 0 aliphatic rings. The molecule has 4 nitrogen and oxygen atoms in total. The molecule has 0 aliphatic heterocycles. The summed E-state index contributed by atoms with van der Waals surface area (Å²) in [5.74, 6) is -2.06. The van der Waals surface area contributed by atoms with Gasteiger partial charge in [-0.1, -0.05) is 58.3 Å². The lowest BCUT2D eigenvalue weighted by molar-refractivity contribution is -0.163. The zero-order valence-electron chi connectivity index (χ0n) is 12.3. The number of Topliss-reactive ketones (excluding diaryl/α,β-unsaturated/α-hetero) is 1. The Hall–Kier alpha value is -0.900. The summed E-state index contributed by atoms with van der Waals surface area (Å²) < 4.78 is 0. The second kappa shape index (κ2) is 9.96. The molecule has 0 saturated carbocycles. The molecule has 2 N–H and O–H groups in total. The van der Waals surface area contributed by atoms with Gasteiger partial charge in [-0.25, -0.2) is 4.79 Å². The van der Waals surface area contributed by atoms with Gasteiger partial charge in [0.25, 0.3) is 0 Å². The summed E-state index contributed by atoms with van der Waals surface area (Å²) in [6.07, 6.45) is 10.4. The van der Waals surface area contributed by atoms with E-state index in [9.17, 15) is 14.7 Å². The molecule has 0 rings (SSSR count). The first kappa shape index (κ1) is 18.1. The molecule has 19 heavy (non-hydrogen) atoms. The molecule has 4 heteroatoms. The zero-order chi connectivity index (χ0) is 14.7. The number of carbonyl (C=O) groups excluding carboxylic acids is 1. The van der Waals surface area contributed by atoms with Crippen LogP contribution in [-0.2, 0) is 9.59 Å². The maximum Gasteiger partial charge on any atom is 0.343 e. The summed E-state index contributed by atoms with van der Waals surface area (Å²) in [5.41, 5.74) is -2.22. The van der Waals surface area contributed by atoms with Crippen molar-refractivity contribution in [2.45, 2.75) is 83.7 Å². The zero-order valence-corrected chi connectivity index (χ0v) is 12.3. The molecule has 0 heterocycles. The lowest BCUT2D eigenvalue weighted by atomic mass is 9.96. The highest BCUT2D eigenvalue weighted by Crippen LogP contribution is 2.14. The lowest BCUT2D eigenvalue weighted by Gasteiger charge is -2.15. The van der Waals surface area contributed by atoms with Gasteiger partial charge < -0.3 is 10.2 Å². The summed E-state index contributed by atoms with van der Waals surface area (Å²) in [6, 6.07) is 0. The number of unbranched alkanes of at least 4 members (excludes halogenated alkanes) is 8. The molecular formula is C15H28O4. The fourth-order valence-electron chi connectivity index (χ4n) is 1.96. The smallest absolute Gasteiger partial charge is 0.343 e. The van der Waals surface area contributed by atoms with Crippen molar-refractivity contribution in [2.24, 2.45) is 0 Å². The predicted octanol–water partition coefficient (Wildman–Crippen LogP) is 3.31. The minimum Gasteiger partial charge on any atom is -0.479 e. The van der Waals surface area contributed by atoms with E-state index >= 15 is 0 Å². The highest BCUT2D eigenvalue weighted by molar-refractivity contribution is 6.05. The molecule has 0 aromatic heterocycles. The molecule has 0 saturated heterocycles. The first-order valence-corrected chi connectivity index (χ1v) is 7.42. The van der Waals surface area contributed by atoms with Crippen LogP contribution in [0.5, 0.6) is 0 Å². The number of rotatable bonds is 12. The van der Waals surface area contributed by atoms with Gasteiger partial charge in [0.05, 0.1) is 0 Å². The largest absolute Gasteiger partial charge is 0.479 e. The van der Waals surface area contributed by atoms with Crippen LogP contribution in [0.25, 0.3) is 0 Å². The Bertz CT molecular complexity index is 271. The van der Waals surface area contributed by atoms with Crippen LogP contribution in [0.3, 0.4) is 0 Å². The van der Waals surface area contributed by atoms with E-state index in [4.69, 9.17) is 5.11 Å². The summed E-state index contributed by atoms with van der Waals surface area (Å²) >= 11 is 0. The minimum absolute atomic E-state index is 0.148. The number of aliphatic hydroxyl groups is 1. The molecule has 0 fully saturated rings. The number of aliphatic carboxylic acids is 1. The Morgan fingerprint density at radius 3 is 1.74 bits per heavy atom. The van der Waals surface area contributed by atoms with Crippen molar-refractivity contribution in [2.75, 3.05) is 0 Å². The normalized spacial score (nSPS) is 14.1. The Balaban J connectivity index is 3.50. The summed E-state index contributed by atoms with van der Waals surface area (Å²) in [5, 5.41) is 18.1. The van der Waals surface area contributed by atoms with Crippen molar-refractivity contribution in [3.05, 3.63) is 0 Å². The van der Waals surface area contributed by atoms with E-state index in [1.165, 1.54) is 38.5 Å². The fraction of sp³-hybridized carbons (Fsp3) is 0.867. The number of hydrogen-bond acceptors (Lipinski definition) is 3. The van der Waals surface area contributed by atoms with Crippen molar-refractivity contribution < 1.29 is 19.8 Å². The third-order valence-corrected chi connectivity index (χ3v) is 3.47. The van der Waals surface area contributed by atoms with E-state index in [-0.39, 0.29) is 6.42 Å². The van der Waals surface area contributed by atoms with Gasteiger partial charge in [0.1, 0.15) is 0 Å². The van der Waals surface area contributed by atoms with E-state index in [1.807, 2.05) is 0 Å². The molecular weight excluding hydrogens is 244 g/mol. The third-order valence-electron chi connectivity index (χ3n) is 3.47. The predicted molar refractivity (Wildman–Crippen MR) is 75.1 cm³/mol. The number of hydrogen-bond donors (Lipinski definition) is 2. The SMILES string of the molecule is CCCCCCCCCCCC(=O)[C@](C)(O)C(=O)O. The van der Waals surface area contributed by atoms with Crippen molar-refractivity contribution in [1.29, 1.82) is 0 Å². The third kappa shape index (κ3) is 7.98.